The van der Waals surface area contributed by atoms with E-state index in [0.29, 0.717) is 13.0 Å². The number of hydrogen-bond donors (Lipinski definition) is 1. The van der Waals surface area contributed by atoms with Gasteiger partial charge in [-0.3, -0.25) is 0 Å². The summed E-state index contributed by atoms with van der Waals surface area (Å²) in [6, 6.07) is 0. The standard InChI is InChI=1S/C10H18O2/c1-4-7-12-10(6-3)8-9(11)5-2/h4-5,9-11H,1-2,6-8H2,3H3/t9-,10+/m1/s1. The predicted molar refractivity (Wildman–Crippen MR) is 51.0 cm³/mol. The van der Waals surface area contributed by atoms with E-state index in [4.69, 9.17) is 4.74 Å². The molecule has 0 aliphatic carbocycles. The Labute approximate surface area is 74.6 Å². The zero-order valence-electron chi connectivity index (χ0n) is 7.70. The van der Waals surface area contributed by atoms with Gasteiger partial charge < -0.3 is 9.84 Å². The first kappa shape index (κ1) is 11.4. The number of ether oxygens (including phenoxy) is 1. The predicted octanol–water partition coefficient (Wildman–Crippen LogP) is 1.90. The summed E-state index contributed by atoms with van der Waals surface area (Å²) in [6.45, 7) is 9.64. The Balaban J connectivity index is 3.65. The van der Waals surface area contributed by atoms with Crippen molar-refractivity contribution in [3.8, 4) is 0 Å². The Kier molecular flexibility index (Phi) is 6.72. The van der Waals surface area contributed by atoms with Crippen molar-refractivity contribution in [1.29, 1.82) is 0 Å². The van der Waals surface area contributed by atoms with Crippen LogP contribution >= 0.6 is 0 Å². The van der Waals surface area contributed by atoms with Gasteiger partial charge in [-0.25, -0.2) is 0 Å². The van der Waals surface area contributed by atoms with Crippen LogP contribution < -0.4 is 0 Å². The normalized spacial score (nSPS) is 15.2. The highest BCUT2D eigenvalue weighted by molar-refractivity contribution is 4.80. The molecule has 12 heavy (non-hydrogen) atoms. The fourth-order valence-corrected chi connectivity index (χ4v) is 0.922. The molecule has 0 aromatic heterocycles. The first-order valence-electron chi connectivity index (χ1n) is 4.27. The molecule has 0 aromatic carbocycles. The van der Waals surface area contributed by atoms with Gasteiger partial charge in [0.25, 0.3) is 0 Å². The van der Waals surface area contributed by atoms with Crippen LogP contribution in [0.25, 0.3) is 0 Å². The third-order valence-corrected chi connectivity index (χ3v) is 1.68. The van der Waals surface area contributed by atoms with Crippen LogP contribution in [0.3, 0.4) is 0 Å². The summed E-state index contributed by atoms with van der Waals surface area (Å²) in [5.74, 6) is 0. The maximum atomic E-state index is 9.23. The van der Waals surface area contributed by atoms with Crippen molar-refractivity contribution < 1.29 is 9.84 Å². The minimum absolute atomic E-state index is 0.107. The van der Waals surface area contributed by atoms with Crippen molar-refractivity contribution in [3.05, 3.63) is 25.3 Å². The summed E-state index contributed by atoms with van der Waals surface area (Å²) in [4.78, 5) is 0. The molecule has 0 saturated heterocycles. The summed E-state index contributed by atoms with van der Waals surface area (Å²) < 4.78 is 5.39. The molecule has 2 nitrogen and oxygen atoms in total. The van der Waals surface area contributed by atoms with Crippen molar-refractivity contribution in [1.82, 2.24) is 0 Å². The van der Waals surface area contributed by atoms with Gasteiger partial charge in [-0.15, -0.1) is 13.2 Å². The Morgan fingerprint density at radius 3 is 2.58 bits per heavy atom. The smallest absolute Gasteiger partial charge is 0.0743 e. The van der Waals surface area contributed by atoms with Gasteiger partial charge in [-0.2, -0.15) is 0 Å². The van der Waals surface area contributed by atoms with Crippen LogP contribution in [0.2, 0.25) is 0 Å². The Hall–Kier alpha value is -0.600. The van der Waals surface area contributed by atoms with E-state index in [9.17, 15) is 5.11 Å². The summed E-state index contributed by atoms with van der Waals surface area (Å²) >= 11 is 0. The lowest BCUT2D eigenvalue weighted by Crippen LogP contribution is -2.18. The van der Waals surface area contributed by atoms with E-state index >= 15 is 0 Å². The second-order valence-electron chi connectivity index (χ2n) is 2.69. The fraction of sp³-hybridized carbons (Fsp3) is 0.600. The van der Waals surface area contributed by atoms with Gasteiger partial charge in [0.2, 0.25) is 0 Å². The largest absolute Gasteiger partial charge is 0.389 e. The third kappa shape index (κ3) is 5.10. The lowest BCUT2D eigenvalue weighted by Gasteiger charge is -2.16. The van der Waals surface area contributed by atoms with Crippen molar-refractivity contribution >= 4 is 0 Å². The number of aliphatic hydroxyl groups is 1. The molecule has 0 aliphatic rings. The molecule has 1 N–H and O–H groups in total. The van der Waals surface area contributed by atoms with Gasteiger partial charge in [0.05, 0.1) is 18.8 Å². The molecule has 0 rings (SSSR count). The maximum Gasteiger partial charge on any atom is 0.0743 e. The Morgan fingerprint density at radius 2 is 2.17 bits per heavy atom. The van der Waals surface area contributed by atoms with Gasteiger partial charge in [0, 0.05) is 6.42 Å². The Morgan fingerprint density at radius 1 is 1.50 bits per heavy atom. The molecule has 70 valence electrons. The molecule has 0 aromatic rings. The highest BCUT2D eigenvalue weighted by atomic mass is 16.5. The first-order valence-corrected chi connectivity index (χ1v) is 4.27. The quantitative estimate of drug-likeness (QED) is 0.591. The molecule has 0 radical (unpaired) electrons. The molecule has 0 amide bonds. The zero-order valence-corrected chi connectivity index (χ0v) is 7.70. The van der Waals surface area contributed by atoms with Crippen molar-refractivity contribution in [2.75, 3.05) is 6.61 Å². The molecule has 2 heteroatoms. The SMILES string of the molecule is C=CCO[C@@H](CC)C[C@H](O)C=C. The fourth-order valence-electron chi connectivity index (χ4n) is 0.922. The highest BCUT2D eigenvalue weighted by Gasteiger charge is 2.09. The van der Waals surface area contributed by atoms with Crippen molar-refractivity contribution in [2.45, 2.75) is 32.0 Å². The summed E-state index contributed by atoms with van der Waals surface area (Å²) in [7, 11) is 0. The molecular formula is C10H18O2. The van der Waals surface area contributed by atoms with Gasteiger partial charge in [0.15, 0.2) is 0 Å². The van der Waals surface area contributed by atoms with Crippen LogP contribution in [0.1, 0.15) is 19.8 Å². The van der Waals surface area contributed by atoms with Crippen molar-refractivity contribution in [3.63, 3.8) is 0 Å². The minimum atomic E-state index is -0.459. The summed E-state index contributed by atoms with van der Waals surface area (Å²) in [6.07, 6.45) is 4.41. The molecule has 0 spiro atoms. The monoisotopic (exact) mass is 170 g/mol. The van der Waals surface area contributed by atoms with E-state index < -0.39 is 6.10 Å². The minimum Gasteiger partial charge on any atom is -0.389 e. The van der Waals surface area contributed by atoms with Gasteiger partial charge >= 0.3 is 0 Å². The average molecular weight is 170 g/mol. The molecule has 0 fully saturated rings. The van der Waals surface area contributed by atoms with Gasteiger partial charge in [-0.1, -0.05) is 19.1 Å². The van der Waals surface area contributed by atoms with Gasteiger partial charge in [-0.05, 0) is 6.42 Å². The van der Waals surface area contributed by atoms with Crippen molar-refractivity contribution in [2.24, 2.45) is 0 Å². The second kappa shape index (κ2) is 7.07. The first-order chi connectivity index (χ1) is 5.74. The van der Waals surface area contributed by atoms with E-state index in [-0.39, 0.29) is 6.10 Å². The average Bonchev–Trinajstić information content (AvgIpc) is 2.11. The highest BCUT2D eigenvalue weighted by Crippen LogP contribution is 2.07. The van der Waals surface area contributed by atoms with Gasteiger partial charge in [0.1, 0.15) is 0 Å². The van der Waals surface area contributed by atoms with E-state index in [1.165, 1.54) is 6.08 Å². The molecule has 2 atom stereocenters. The second-order valence-corrected chi connectivity index (χ2v) is 2.69. The molecule has 0 saturated carbocycles. The molecular weight excluding hydrogens is 152 g/mol. The number of aliphatic hydroxyl groups excluding tert-OH is 1. The van der Waals surface area contributed by atoms with Crippen LogP contribution in [0.5, 0.6) is 0 Å². The molecule has 0 bridgehead atoms. The zero-order chi connectivity index (χ0) is 9.40. The van der Waals surface area contributed by atoms with Crippen LogP contribution in [0.15, 0.2) is 25.3 Å². The summed E-state index contributed by atoms with van der Waals surface area (Å²) in [5, 5.41) is 9.23. The summed E-state index contributed by atoms with van der Waals surface area (Å²) in [5.41, 5.74) is 0. The molecule has 0 unspecified atom stereocenters. The van der Waals surface area contributed by atoms with E-state index in [1.54, 1.807) is 6.08 Å². The van der Waals surface area contributed by atoms with Crippen LogP contribution in [0.4, 0.5) is 0 Å². The number of hydrogen-bond acceptors (Lipinski definition) is 2. The Bertz CT molecular complexity index is 132. The molecule has 0 heterocycles. The molecule has 0 aliphatic heterocycles. The van der Waals surface area contributed by atoms with Crippen LogP contribution in [-0.2, 0) is 4.74 Å². The van der Waals surface area contributed by atoms with E-state index in [2.05, 4.69) is 13.2 Å². The topological polar surface area (TPSA) is 29.5 Å². The van der Waals surface area contributed by atoms with E-state index in [0.717, 1.165) is 6.42 Å². The number of rotatable bonds is 7. The maximum absolute atomic E-state index is 9.23. The van der Waals surface area contributed by atoms with E-state index in [1.807, 2.05) is 6.92 Å². The van der Waals surface area contributed by atoms with Crippen LogP contribution in [0, 0.1) is 0 Å². The lowest BCUT2D eigenvalue weighted by atomic mass is 10.1. The third-order valence-electron chi connectivity index (χ3n) is 1.68. The lowest BCUT2D eigenvalue weighted by molar-refractivity contribution is 0.0375. The van der Waals surface area contributed by atoms with Crippen LogP contribution in [-0.4, -0.2) is 23.9 Å².